The van der Waals surface area contributed by atoms with Crippen LogP contribution in [0.25, 0.3) is 10.9 Å². The van der Waals surface area contributed by atoms with E-state index in [9.17, 15) is 4.79 Å². The molecule has 2 aliphatic heterocycles. The first-order chi connectivity index (χ1) is 15.7. The highest BCUT2D eigenvalue weighted by molar-refractivity contribution is 5.89. The van der Waals surface area contributed by atoms with Crippen LogP contribution < -0.4 is 5.73 Å². The fraction of sp³-hybridized carbons (Fsp3) is 0.679. The van der Waals surface area contributed by atoms with Crippen molar-refractivity contribution in [1.29, 1.82) is 0 Å². The number of fused-ring (bicyclic) bond motifs is 3. The molecule has 1 aromatic carbocycles. The molecule has 5 rings (SSSR count). The lowest BCUT2D eigenvalue weighted by Gasteiger charge is -2.53. The van der Waals surface area contributed by atoms with Gasteiger partial charge in [-0.1, -0.05) is 69.6 Å². The summed E-state index contributed by atoms with van der Waals surface area (Å²) in [4.78, 5) is 14.7. The predicted molar refractivity (Wildman–Crippen MR) is 132 cm³/mol. The normalized spacial score (nSPS) is 28.6. The van der Waals surface area contributed by atoms with Crippen LogP contribution in [0, 0.1) is 0 Å². The van der Waals surface area contributed by atoms with E-state index in [0.717, 1.165) is 23.7 Å². The van der Waals surface area contributed by atoms with Gasteiger partial charge in [0.25, 0.3) is 0 Å². The van der Waals surface area contributed by atoms with Crippen molar-refractivity contribution in [1.82, 2.24) is 9.47 Å². The van der Waals surface area contributed by atoms with Crippen molar-refractivity contribution in [3.8, 4) is 0 Å². The van der Waals surface area contributed by atoms with E-state index in [0.29, 0.717) is 12.5 Å². The van der Waals surface area contributed by atoms with Crippen LogP contribution in [0.1, 0.15) is 101 Å². The first-order valence-electron chi connectivity index (χ1n) is 13.3. The molecular formula is C28H41N3O. The Balaban J connectivity index is 1.38. The van der Waals surface area contributed by atoms with Crippen molar-refractivity contribution < 1.29 is 4.79 Å². The van der Waals surface area contributed by atoms with Crippen LogP contribution in [0.5, 0.6) is 0 Å². The molecular weight excluding hydrogens is 394 g/mol. The minimum Gasteiger partial charge on any atom is -0.369 e. The number of piperidine rings is 2. The number of nitrogens with two attached hydrogens (primary N) is 1. The zero-order chi connectivity index (χ0) is 21.9. The van der Waals surface area contributed by atoms with Crippen LogP contribution in [0.15, 0.2) is 30.5 Å². The van der Waals surface area contributed by atoms with Crippen LogP contribution in [0.2, 0.25) is 0 Å². The van der Waals surface area contributed by atoms with Gasteiger partial charge in [-0.2, -0.15) is 0 Å². The third-order valence-electron chi connectivity index (χ3n) is 8.58. The second-order valence-electron chi connectivity index (χ2n) is 10.7. The molecule has 2 saturated heterocycles. The Morgan fingerprint density at radius 2 is 1.38 bits per heavy atom. The molecule has 2 aromatic rings. The average molecular weight is 436 g/mol. The maximum absolute atomic E-state index is 11.7. The summed E-state index contributed by atoms with van der Waals surface area (Å²) in [6.45, 7) is 0. The molecule has 32 heavy (non-hydrogen) atoms. The van der Waals surface area contributed by atoms with Crippen molar-refractivity contribution in [2.24, 2.45) is 5.73 Å². The molecule has 174 valence electrons. The molecule has 1 saturated carbocycles. The lowest BCUT2D eigenvalue weighted by Crippen LogP contribution is -2.56. The molecule has 2 N–H and O–H groups in total. The van der Waals surface area contributed by atoms with Gasteiger partial charge in [-0.25, -0.2) is 0 Å². The maximum Gasteiger partial charge on any atom is 0.221 e. The molecule has 1 amide bonds. The molecule has 3 fully saturated rings. The highest BCUT2D eigenvalue weighted by atomic mass is 16.1. The molecule has 0 radical (unpaired) electrons. The van der Waals surface area contributed by atoms with Gasteiger partial charge in [-0.05, 0) is 50.2 Å². The number of amides is 1. The fourth-order valence-corrected chi connectivity index (χ4v) is 7.21. The van der Waals surface area contributed by atoms with Gasteiger partial charge >= 0.3 is 0 Å². The minimum absolute atomic E-state index is 0.240. The maximum atomic E-state index is 11.7. The lowest BCUT2D eigenvalue weighted by molar-refractivity contribution is -0.117. The molecule has 0 spiro atoms. The summed E-state index contributed by atoms with van der Waals surface area (Å²) in [6.07, 6.45) is 22.0. The Labute approximate surface area is 193 Å². The van der Waals surface area contributed by atoms with E-state index in [-0.39, 0.29) is 5.91 Å². The number of benzene rings is 1. The highest BCUT2D eigenvalue weighted by Crippen LogP contribution is 2.43. The van der Waals surface area contributed by atoms with Gasteiger partial charge in [0.15, 0.2) is 0 Å². The lowest BCUT2D eigenvalue weighted by atomic mass is 9.79. The third kappa shape index (κ3) is 4.62. The topological polar surface area (TPSA) is 51.3 Å². The highest BCUT2D eigenvalue weighted by Gasteiger charge is 2.42. The number of primary amides is 1. The fourth-order valence-electron chi connectivity index (χ4n) is 7.21. The number of para-hydroxylation sites is 1. The number of hydrogen-bond donors (Lipinski definition) is 1. The Bertz CT molecular complexity index is 895. The minimum atomic E-state index is -0.240. The number of hydrogen-bond acceptors (Lipinski definition) is 2. The van der Waals surface area contributed by atoms with Gasteiger partial charge in [0.2, 0.25) is 5.91 Å². The van der Waals surface area contributed by atoms with Crippen molar-refractivity contribution >= 4 is 16.8 Å². The molecule has 3 aliphatic rings. The van der Waals surface area contributed by atoms with Crippen LogP contribution in [0.4, 0.5) is 0 Å². The molecule has 1 aliphatic carbocycles. The van der Waals surface area contributed by atoms with E-state index in [1.807, 2.05) is 0 Å². The van der Waals surface area contributed by atoms with Crippen LogP contribution in [0.3, 0.4) is 0 Å². The molecule has 4 nitrogen and oxygen atoms in total. The molecule has 2 atom stereocenters. The van der Waals surface area contributed by atoms with E-state index >= 15 is 0 Å². The number of aromatic nitrogens is 1. The smallest absolute Gasteiger partial charge is 0.221 e. The Hall–Kier alpha value is -1.81. The van der Waals surface area contributed by atoms with E-state index in [1.165, 1.54) is 101 Å². The summed E-state index contributed by atoms with van der Waals surface area (Å²) in [5.74, 6) is -0.240. The zero-order valence-electron chi connectivity index (χ0n) is 19.7. The Morgan fingerprint density at radius 3 is 2.03 bits per heavy atom. The molecule has 1 aromatic heterocycles. The largest absolute Gasteiger partial charge is 0.369 e. The summed E-state index contributed by atoms with van der Waals surface area (Å²) in [7, 11) is 0. The SMILES string of the molecule is NC(=O)Cc1cn(C2CC3CCCC(C2)N3C2CCCCCCCCC2)c2ccccc12. The zero-order valence-corrected chi connectivity index (χ0v) is 19.7. The summed E-state index contributed by atoms with van der Waals surface area (Å²) < 4.78 is 2.50. The van der Waals surface area contributed by atoms with Gasteiger partial charge < -0.3 is 10.3 Å². The van der Waals surface area contributed by atoms with Crippen molar-refractivity contribution in [3.05, 3.63) is 36.0 Å². The van der Waals surface area contributed by atoms with Gasteiger partial charge in [-0.15, -0.1) is 0 Å². The standard InChI is InChI=1S/C28H41N3O/c29-28(32)17-21-20-30(27-16-9-8-15-26(21)27)25-18-23-13-10-14-24(19-25)31(23)22-11-6-4-2-1-3-5-7-12-22/h8-9,15-16,20,22-25H,1-7,10-14,17-19H2,(H2,29,32). The molecule has 2 unspecified atom stereocenters. The first kappa shape index (κ1) is 22.0. The quantitative estimate of drug-likeness (QED) is 0.629. The first-order valence-corrected chi connectivity index (χ1v) is 13.3. The molecule has 3 heterocycles. The predicted octanol–water partition coefficient (Wildman–Crippen LogP) is 6.12. The van der Waals surface area contributed by atoms with Gasteiger partial charge in [-0.3, -0.25) is 9.69 Å². The van der Waals surface area contributed by atoms with Crippen molar-refractivity contribution in [2.75, 3.05) is 0 Å². The Kier molecular flexibility index (Phi) is 6.87. The van der Waals surface area contributed by atoms with Crippen LogP contribution in [-0.4, -0.2) is 33.5 Å². The number of carbonyl (C=O) groups excluding carboxylic acids is 1. The van der Waals surface area contributed by atoms with E-state index in [4.69, 9.17) is 5.73 Å². The summed E-state index contributed by atoms with van der Waals surface area (Å²) >= 11 is 0. The van der Waals surface area contributed by atoms with E-state index < -0.39 is 0 Å². The molecule has 2 bridgehead atoms. The summed E-state index contributed by atoms with van der Waals surface area (Å²) in [5, 5.41) is 1.20. The van der Waals surface area contributed by atoms with Crippen LogP contribution >= 0.6 is 0 Å². The Morgan fingerprint density at radius 1 is 0.781 bits per heavy atom. The third-order valence-corrected chi connectivity index (χ3v) is 8.58. The van der Waals surface area contributed by atoms with Gasteiger partial charge in [0, 0.05) is 41.3 Å². The second kappa shape index (κ2) is 9.99. The van der Waals surface area contributed by atoms with Gasteiger partial charge in [0.1, 0.15) is 0 Å². The van der Waals surface area contributed by atoms with E-state index in [2.05, 4.69) is 39.9 Å². The van der Waals surface area contributed by atoms with Crippen molar-refractivity contribution in [2.45, 2.75) is 120 Å². The number of nitrogens with zero attached hydrogens (tertiary/aromatic N) is 2. The van der Waals surface area contributed by atoms with E-state index in [1.54, 1.807) is 0 Å². The van der Waals surface area contributed by atoms with Crippen molar-refractivity contribution in [3.63, 3.8) is 0 Å². The monoisotopic (exact) mass is 435 g/mol. The summed E-state index contributed by atoms with van der Waals surface area (Å²) in [6, 6.07) is 11.4. The second-order valence-corrected chi connectivity index (χ2v) is 10.7. The molecule has 4 heteroatoms. The van der Waals surface area contributed by atoms with Crippen LogP contribution in [-0.2, 0) is 11.2 Å². The number of carbonyl (C=O) groups is 1. The number of rotatable bonds is 4. The summed E-state index contributed by atoms with van der Waals surface area (Å²) in [5.41, 5.74) is 7.94. The average Bonchev–Trinajstić information content (AvgIpc) is 3.14. The van der Waals surface area contributed by atoms with Gasteiger partial charge in [0.05, 0.1) is 6.42 Å².